The maximum atomic E-state index is 13.2. The lowest BCUT2D eigenvalue weighted by Gasteiger charge is -2.23. The highest BCUT2D eigenvalue weighted by Crippen LogP contribution is 2.39. The van der Waals surface area contributed by atoms with E-state index < -0.39 is 0 Å². The molecule has 1 aromatic heterocycles. The van der Waals surface area contributed by atoms with E-state index in [9.17, 15) is 9.59 Å². The molecular weight excluding hydrogens is 394 g/mol. The lowest BCUT2D eigenvalue weighted by atomic mass is 10.1. The Hall–Kier alpha value is -3.12. The lowest BCUT2D eigenvalue weighted by Crippen LogP contribution is -2.43. The summed E-state index contributed by atoms with van der Waals surface area (Å²) in [6.07, 6.45) is 3.41. The van der Waals surface area contributed by atoms with Crippen LogP contribution < -0.4 is 10.2 Å². The van der Waals surface area contributed by atoms with Crippen molar-refractivity contribution in [3.05, 3.63) is 84.1 Å². The van der Waals surface area contributed by atoms with Gasteiger partial charge in [-0.2, -0.15) is 0 Å². The standard InChI is InChI=1S/C24H23N3O2S/c1-17(13-14-18-8-3-2-4-9-18)26-22(28)16-27-20-11-5-6-12-21(20)30-23-19(24(27)29)10-7-15-25-23/h2-12,15,17H,13-14,16H2,1H3,(H,26,28)/t17-/m0/s1. The minimum atomic E-state index is -0.206. The third kappa shape index (κ3) is 4.54. The van der Waals surface area contributed by atoms with Crippen LogP contribution in [0.3, 0.4) is 0 Å². The van der Waals surface area contributed by atoms with E-state index in [1.54, 1.807) is 23.2 Å². The predicted octanol–water partition coefficient (Wildman–Crippen LogP) is 4.33. The molecular formula is C24H23N3O2S. The van der Waals surface area contributed by atoms with E-state index >= 15 is 0 Å². The average molecular weight is 418 g/mol. The largest absolute Gasteiger partial charge is 0.352 e. The molecule has 3 aromatic rings. The Morgan fingerprint density at radius 2 is 1.83 bits per heavy atom. The summed E-state index contributed by atoms with van der Waals surface area (Å²) in [4.78, 5) is 32.8. The number of rotatable bonds is 6. The molecule has 0 fully saturated rings. The van der Waals surface area contributed by atoms with Gasteiger partial charge in [0.2, 0.25) is 5.91 Å². The second-order valence-electron chi connectivity index (χ2n) is 7.31. The van der Waals surface area contributed by atoms with Gasteiger partial charge in [-0.05, 0) is 49.6 Å². The van der Waals surface area contributed by atoms with E-state index in [0.29, 0.717) is 10.6 Å². The number of aryl methyl sites for hydroxylation is 1. The van der Waals surface area contributed by atoms with Crippen molar-refractivity contribution in [2.75, 3.05) is 11.4 Å². The molecule has 0 saturated carbocycles. The Bertz CT molecular complexity index is 1060. The predicted molar refractivity (Wildman–Crippen MR) is 119 cm³/mol. The van der Waals surface area contributed by atoms with Gasteiger partial charge >= 0.3 is 0 Å². The minimum absolute atomic E-state index is 0.0124. The molecule has 6 heteroatoms. The number of benzene rings is 2. The summed E-state index contributed by atoms with van der Waals surface area (Å²) >= 11 is 1.45. The Morgan fingerprint density at radius 1 is 1.07 bits per heavy atom. The first-order valence-electron chi connectivity index (χ1n) is 9.99. The van der Waals surface area contributed by atoms with Gasteiger partial charge in [-0.15, -0.1) is 0 Å². The molecule has 1 N–H and O–H groups in total. The molecule has 2 amide bonds. The summed E-state index contributed by atoms with van der Waals surface area (Å²) < 4.78 is 0. The van der Waals surface area contributed by atoms with Gasteiger partial charge in [0.25, 0.3) is 5.91 Å². The quantitative estimate of drug-likeness (QED) is 0.648. The zero-order chi connectivity index (χ0) is 20.9. The Balaban J connectivity index is 1.47. The normalized spacial score (nSPS) is 13.8. The number of carbonyl (C=O) groups excluding carboxylic acids is 2. The van der Waals surface area contributed by atoms with Crippen LogP contribution in [0, 0.1) is 0 Å². The molecule has 0 aliphatic carbocycles. The molecule has 0 unspecified atom stereocenters. The smallest absolute Gasteiger partial charge is 0.261 e. The first-order valence-corrected chi connectivity index (χ1v) is 10.8. The summed E-state index contributed by atoms with van der Waals surface area (Å²) in [7, 11) is 0. The van der Waals surface area contributed by atoms with E-state index in [2.05, 4.69) is 22.4 Å². The molecule has 4 rings (SSSR count). The van der Waals surface area contributed by atoms with Gasteiger partial charge < -0.3 is 5.32 Å². The number of aromatic nitrogens is 1. The van der Waals surface area contributed by atoms with Crippen molar-refractivity contribution in [3.8, 4) is 0 Å². The van der Waals surface area contributed by atoms with Crippen LogP contribution in [0.1, 0.15) is 29.3 Å². The van der Waals surface area contributed by atoms with Gasteiger partial charge in [0.1, 0.15) is 11.6 Å². The van der Waals surface area contributed by atoms with Crippen molar-refractivity contribution < 1.29 is 9.59 Å². The summed E-state index contributed by atoms with van der Waals surface area (Å²) in [6.45, 7) is 1.97. The first-order chi connectivity index (χ1) is 14.6. The third-order valence-corrected chi connectivity index (χ3v) is 6.11. The number of hydrogen-bond donors (Lipinski definition) is 1. The van der Waals surface area contributed by atoms with E-state index in [1.807, 2.05) is 49.4 Å². The second-order valence-corrected chi connectivity index (χ2v) is 8.34. The van der Waals surface area contributed by atoms with E-state index in [-0.39, 0.29) is 24.4 Å². The molecule has 0 bridgehead atoms. The van der Waals surface area contributed by atoms with Crippen LogP contribution in [-0.2, 0) is 11.2 Å². The molecule has 30 heavy (non-hydrogen) atoms. The number of hydrogen-bond acceptors (Lipinski definition) is 4. The van der Waals surface area contributed by atoms with Crippen molar-refractivity contribution in [1.82, 2.24) is 10.3 Å². The molecule has 152 valence electrons. The number of nitrogens with one attached hydrogen (secondary N) is 1. The second kappa shape index (κ2) is 9.13. The highest BCUT2D eigenvalue weighted by molar-refractivity contribution is 7.99. The summed E-state index contributed by atoms with van der Waals surface area (Å²) in [5.74, 6) is -0.376. The number of anilines is 1. The van der Waals surface area contributed by atoms with Gasteiger partial charge in [0, 0.05) is 17.1 Å². The molecule has 2 aromatic carbocycles. The van der Waals surface area contributed by atoms with Crippen molar-refractivity contribution in [2.24, 2.45) is 0 Å². The van der Waals surface area contributed by atoms with E-state index in [0.717, 1.165) is 23.4 Å². The van der Waals surface area contributed by atoms with Crippen molar-refractivity contribution in [2.45, 2.75) is 35.7 Å². The van der Waals surface area contributed by atoms with Crippen molar-refractivity contribution in [3.63, 3.8) is 0 Å². The molecule has 2 heterocycles. The van der Waals surface area contributed by atoms with Crippen molar-refractivity contribution in [1.29, 1.82) is 0 Å². The van der Waals surface area contributed by atoms with Crippen LogP contribution in [0.15, 0.2) is 82.8 Å². The van der Waals surface area contributed by atoms with E-state index in [1.165, 1.54) is 17.3 Å². The minimum Gasteiger partial charge on any atom is -0.352 e. The highest BCUT2D eigenvalue weighted by Gasteiger charge is 2.29. The fourth-order valence-corrected chi connectivity index (χ4v) is 4.50. The number of fused-ring (bicyclic) bond motifs is 2. The highest BCUT2D eigenvalue weighted by atomic mass is 32.2. The van der Waals surface area contributed by atoms with Crippen LogP contribution in [0.2, 0.25) is 0 Å². The third-order valence-electron chi connectivity index (χ3n) is 5.03. The number of amides is 2. The Kier molecular flexibility index (Phi) is 6.14. The summed E-state index contributed by atoms with van der Waals surface area (Å²) in [5.41, 5.74) is 2.50. The van der Waals surface area contributed by atoms with Gasteiger partial charge in [0.05, 0.1) is 11.3 Å². The molecule has 0 radical (unpaired) electrons. The summed E-state index contributed by atoms with van der Waals surface area (Å²) in [6, 6.07) is 21.4. The molecule has 1 aliphatic rings. The molecule has 1 atom stereocenters. The van der Waals surface area contributed by atoms with E-state index in [4.69, 9.17) is 0 Å². The first kappa shape index (κ1) is 20.2. The SMILES string of the molecule is C[C@@H](CCc1ccccc1)NC(=O)CN1C(=O)c2cccnc2Sc2ccccc21. The molecule has 0 spiro atoms. The molecule has 0 saturated heterocycles. The van der Waals surface area contributed by atoms with Gasteiger partial charge in [-0.25, -0.2) is 4.98 Å². The zero-order valence-corrected chi connectivity index (χ0v) is 17.6. The number of pyridine rings is 1. The van der Waals surface area contributed by atoms with Crippen LogP contribution in [0.25, 0.3) is 0 Å². The monoisotopic (exact) mass is 417 g/mol. The summed E-state index contributed by atoms with van der Waals surface area (Å²) in [5, 5.41) is 3.70. The Labute approximate surface area is 180 Å². The fraction of sp³-hybridized carbons (Fsp3) is 0.208. The topological polar surface area (TPSA) is 62.3 Å². The van der Waals surface area contributed by atoms with Crippen LogP contribution >= 0.6 is 11.8 Å². The number of nitrogens with zero attached hydrogens (tertiary/aromatic N) is 2. The van der Waals surface area contributed by atoms with Gasteiger partial charge in [0.15, 0.2) is 0 Å². The van der Waals surface area contributed by atoms with Gasteiger partial charge in [-0.1, -0.05) is 54.2 Å². The maximum absolute atomic E-state index is 13.2. The zero-order valence-electron chi connectivity index (χ0n) is 16.7. The van der Waals surface area contributed by atoms with Crippen molar-refractivity contribution >= 4 is 29.3 Å². The van der Waals surface area contributed by atoms with Crippen LogP contribution in [0.4, 0.5) is 5.69 Å². The maximum Gasteiger partial charge on any atom is 0.261 e. The van der Waals surface area contributed by atoms with Crippen LogP contribution in [-0.4, -0.2) is 29.4 Å². The Morgan fingerprint density at radius 3 is 2.67 bits per heavy atom. The lowest BCUT2D eigenvalue weighted by molar-refractivity contribution is -0.120. The fourth-order valence-electron chi connectivity index (χ4n) is 3.48. The molecule has 1 aliphatic heterocycles. The number of para-hydroxylation sites is 1. The van der Waals surface area contributed by atoms with Gasteiger partial charge in [-0.3, -0.25) is 14.5 Å². The number of carbonyl (C=O) groups is 2. The van der Waals surface area contributed by atoms with Crippen LogP contribution in [0.5, 0.6) is 0 Å². The average Bonchev–Trinajstić information content (AvgIpc) is 2.88. The molecule has 5 nitrogen and oxygen atoms in total.